The maximum absolute atomic E-state index is 11.1. The molecule has 1 aromatic heterocycles. The maximum Gasteiger partial charge on any atom is 0.328 e. The van der Waals surface area contributed by atoms with Crippen molar-refractivity contribution < 1.29 is 9.90 Å². The zero-order chi connectivity index (χ0) is 12.4. The third kappa shape index (κ3) is 2.63. The van der Waals surface area contributed by atoms with E-state index in [2.05, 4.69) is 15.0 Å². The molecular weight excluding hydrogens is 220 g/mol. The van der Waals surface area contributed by atoms with Gasteiger partial charge < -0.3 is 10.0 Å². The average molecular weight is 238 g/mol. The Labute approximate surface area is 100 Å². The Morgan fingerprint density at radius 2 is 2.35 bits per heavy atom. The Balaban J connectivity index is 2.16. The molecule has 0 saturated carbocycles. The molecule has 0 amide bonds. The Hall–Kier alpha value is -1.43. The number of aliphatic carboxylic acids is 1. The van der Waals surface area contributed by atoms with Crippen LogP contribution in [0.25, 0.3) is 0 Å². The van der Waals surface area contributed by atoms with Crippen LogP contribution in [0.4, 0.5) is 0 Å². The molecule has 2 rings (SSSR count). The van der Waals surface area contributed by atoms with Gasteiger partial charge in [0.05, 0.1) is 0 Å². The van der Waals surface area contributed by atoms with Crippen LogP contribution in [0.3, 0.4) is 0 Å². The van der Waals surface area contributed by atoms with Crippen molar-refractivity contribution in [2.45, 2.75) is 31.7 Å². The molecule has 17 heavy (non-hydrogen) atoms. The minimum atomic E-state index is -0.810. The molecule has 0 spiro atoms. The number of aryl methyl sites for hydroxylation is 1. The van der Waals surface area contributed by atoms with Gasteiger partial charge >= 0.3 is 5.97 Å². The van der Waals surface area contributed by atoms with Gasteiger partial charge in [0.2, 0.25) is 0 Å². The first-order valence-corrected chi connectivity index (χ1v) is 5.90. The number of fused-ring (bicyclic) bond motifs is 1. The van der Waals surface area contributed by atoms with E-state index in [1.165, 1.54) is 0 Å². The quantitative estimate of drug-likeness (QED) is 0.819. The third-order valence-corrected chi connectivity index (χ3v) is 2.99. The number of hydrogen-bond donors (Lipinski definition) is 1. The Morgan fingerprint density at radius 3 is 3.00 bits per heavy atom. The fourth-order valence-electron chi connectivity index (χ4n) is 2.06. The molecule has 2 heterocycles. The standard InChI is InChI=1S/C11H18N4O2/c1-14(2)7-6-9-12-10-5-3-4-8(11(16)17)15(10)13-9/h8H,3-7H2,1-2H3,(H,16,17). The SMILES string of the molecule is CN(C)CCc1nc2n(n1)C(C(=O)O)CCC2. The highest BCUT2D eigenvalue weighted by molar-refractivity contribution is 5.71. The van der Waals surface area contributed by atoms with Gasteiger partial charge in [-0.3, -0.25) is 0 Å². The number of aromatic nitrogens is 3. The van der Waals surface area contributed by atoms with E-state index in [0.717, 1.165) is 37.5 Å². The lowest BCUT2D eigenvalue weighted by Gasteiger charge is -2.19. The van der Waals surface area contributed by atoms with Crippen molar-refractivity contribution in [2.75, 3.05) is 20.6 Å². The largest absolute Gasteiger partial charge is 0.480 e. The number of carbonyl (C=O) groups is 1. The second-order valence-corrected chi connectivity index (χ2v) is 4.69. The molecule has 1 aliphatic heterocycles. The van der Waals surface area contributed by atoms with E-state index in [-0.39, 0.29) is 0 Å². The zero-order valence-corrected chi connectivity index (χ0v) is 10.3. The van der Waals surface area contributed by atoms with Crippen LogP contribution in [0.2, 0.25) is 0 Å². The summed E-state index contributed by atoms with van der Waals surface area (Å²) in [6.07, 6.45) is 3.12. The average Bonchev–Trinajstić information content (AvgIpc) is 2.68. The summed E-state index contributed by atoms with van der Waals surface area (Å²) in [6, 6.07) is -0.528. The van der Waals surface area contributed by atoms with Gasteiger partial charge in [0.1, 0.15) is 5.82 Å². The first-order valence-electron chi connectivity index (χ1n) is 5.90. The molecule has 94 valence electrons. The maximum atomic E-state index is 11.1. The highest BCUT2D eigenvalue weighted by Crippen LogP contribution is 2.23. The fourth-order valence-corrected chi connectivity index (χ4v) is 2.06. The van der Waals surface area contributed by atoms with Crippen LogP contribution in [0.5, 0.6) is 0 Å². The first kappa shape index (κ1) is 12.0. The second-order valence-electron chi connectivity index (χ2n) is 4.69. The van der Waals surface area contributed by atoms with Crippen molar-refractivity contribution in [3.63, 3.8) is 0 Å². The molecule has 0 bridgehead atoms. The summed E-state index contributed by atoms with van der Waals surface area (Å²) < 4.78 is 1.59. The van der Waals surface area contributed by atoms with E-state index in [1.807, 2.05) is 14.1 Å². The summed E-state index contributed by atoms with van der Waals surface area (Å²) in [5.41, 5.74) is 0. The molecule has 0 radical (unpaired) electrons. The third-order valence-electron chi connectivity index (χ3n) is 2.99. The van der Waals surface area contributed by atoms with Gasteiger partial charge in [-0.15, -0.1) is 0 Å². The summed E-state index contributed by atoms with van der Waals surface area (Å²) in [5, 5.41) is 13.4. The molecule has 0 aliphatic carbocycles. The van der Waals surface area contributed by atoms with Gasteiger partial charge in [-0.05, 0) is 26.9 Å². The Kier molecular flexibility index (Phi) is 3.42. The zero-order valence-electron chi connectivity index (χ0n) is 10.3. The minimum absolute atomic E-state index is 0.528. The van der Waals surface area contributed by atoms with E-state index in [4.69, 9.17) is 5.11 Å². The molecule has 1 N–H and O–H groups in total. The van der Waals surface area contributed by atoms with Crippen LogP contribution < -0.4 is 0 Å². The molecule has 6 nitrogen and oxygen atoms in total. The van der Waals surface area contributed by atoms with Gasteiger partial charge in [-0.25, -0.2) is 14.5 Å². The fraction of sp³-hybridized carbons (Fsp3) is 0.727. The van der Waals surface area contributed by atoms with Crippen molar-refractivity contribution in [1.29, 1.82) is 0 Å². The molecule has 1 aliphatic rings. The van der Waals surface area contributed by atoms with Gasteiger partial charge in [0, 0.05) is 19.4 Å². The summed E-state index contributed by atoms with van der Waals surface area (Å²) in [5.74, 6) is 0.759. The van der Waals surface area contributed by atoms with Gasteiger partial charge in [0.15, 0.2) is 11.9 Å². The van der Waals surface area contributed by atoms with E-state index in [9.17, 15) is 4.79 Å². The van der Waals surface area contributed by atoms with Gasteiger partial charge in [0.25, 0.3) is 0 Å². The molecular formula is C11H18N4O2. The first-order chi connectivity index (χ1) is 8.08. The van der Waals surface area contributed by atoms with Gasteiger partial charge in [-0.2, -0.15) is 5.10 Å². The highest BCUT2D eigenvalue weighted by atomic mass is 16.4. The van der Waals surface area contributed by atoms with Gasteiger partial charge in [-0.1, -0.05) is 0 Å². The molecule has 6 heteroatoms. The van der Waals surface area contributed by atoms with Crippen molar-refractivity contribution in [3.8, 4) is 0 Å². The van der Waals surface area contributed by atoms with Crippen LogP contribution in [0.1, 0.15) is 30.5 Å². The monoisotopic (exact) mass is 238 g/mol. The van der Waals surface area contributed by atoms with E-state index < -0.39 is 12.0 Å². The number of hydrogen-bond acceptors (Lipinski definition) is 4. The van der Waals surface area contributed by atoms with Crippen LogP contribution >= 0.6 is 0 Å². The molecule has 1 unspecified atom stereocenters. The van der Waals surface area contributed by atoms with Crippen LogP contribution in [-0.2, 0) is 17.6 Å². The van der Waals surface area contributed by atoms with Crippen molar-refractivity contribution >= 4 is 5.97 Å². The van der Waals surface area contributed by atoms with Crippen molar-refractivity contribution in [2.24, 2.45) is 0 Å². The van der Waals surface area contributed by atoms with Crippen LogP contribution in [0, 0.1) is 0 Å². The second kappa shape index (κ2) is 4.83. The minimum Gasteiger partial charge on any atom is -0.480 e. The lowest BCUT2D eigenvalue weighted by Crippen LogP contribution is -2.26. The number of carboxylic acids is 1. The summed E-state index contributed by atoms with van der Waals surface area (Å²) >= 11 is 0. The van der Waals surface area contributed by atoms with E-state index in [0.29, 0.717) is 6.42 Å². The van der Waals surface area contributed by atoms with Crippen molar-refractivity contribution in [3.05, 3.63) is 11.6 Å². The lowest BCUT2D eigenvalue weighted by atomic mass is 10.1. The summed E-state index contributed by atoms with van der Waals surface area (Å²) in [4.78, 5) is 17.6. The Morgan fingerprint density at radius 1 is 1.59 bits per heavy atom. The number of rotatable bonds is 4. The van der Waals surface area contributed by atoms with E-state index >= 15 is 0 Å². The molecule has 0 saturated heterocycles. The predicted molar refractivity (Wildman–Crippen MR) is 61.9 cm³/mol. The summed E-state index contributed by atoms with van der Waals surface area (Å²) in [7, 11) is 3.99. The van der Waals surface area contributed by atoms with Crippen LogP contribution in [-0.4, -0.2) is 51.4 Å². The van der Waals surface area contributed by atoms with Crippen LogP contribution in [0.15, 0.2) is 0 Å². The molecule has 1 atom stereocenters. The molecule has 0 aromatic carbocycles. The number of carboxylic acid groups (broad SMARTS) is 1. The number of nitrogens with zero attached hydrogens (tertiary/aromatic N) is 4. The predicted octanol–water partition coefficient (Wildman–Crippen LogP) is 0.344. The van der Waals surface area contributed by atoms with E-state index in [1.54, 1.807) is 4.68 Å². The van der Waals surface area contributed by atoms with Crippen molar-refractivity contribution in [1.82, 2.24) is 19.7 Å². The smallest absolute Gasteiger partial charge is 0.328 e. The summed E-state index contributed by atoms with van der Waals surface area (Å²) in [6.45, 7) is 0.876. The highest BCUT2D eigenvalue weighted by Gasteiger charge is 2.28. The number of likely N-dealkylation sites (N-methyl/N-ethyl adjacent to an activating group) is 1. The molecule has 0 fully saturated rings. The topological polar surface area (TPSA) is 71.2 Å². The lowest BCUT2D eigenvalue weighted by molar-refractivity contribution is -0.141. The normalized spacial score (nSPS) is 19.4. The Bertz CT molecular complexity index is 414. The molecule has 1 aromatic rings.